The fourth-order valence-electron chi connectivity index (χ4n) is 1.30. The van der Waals surface area contributed by atoms with Crippen LogP contribution in [0.3, 0.4) is 0 Å². The maximum absolute atomic E-state index is 11.6. The Morgan fingerprint density at radius 3 is 2.67 bits per heavy atom. The van der Waals surface area contributed by atoms with Crippen LogP contribution in [0, 0.1) is 0 Å². The number of aryl methyl sites for hydroxylation is 1. The van der Waals surface area contributed by atoms with Gasteiger partial charge < -0.3 is 0 Å². The molecule has 4 heteroatoms. The molecular formula is C11H17NO2S. The summed E-state index contributed by atoms with van der Waals surface area (Å²) in [5, 5.41) is 0.207. The van der Waals surface area contributed by atoms with Gasteiger partial charge in [0.1, 0.15) is 0 Å². The van der Waals surface area contributed by atoms with Crippen LogP contribution in [0.4, 0.5) is 0 Å². The van der Waals surface area contributed by atoms with Crippen LogP contribution in [-0.4, -0.2) is 19.2 Å². The largest absolute Gasteiger partial charge is 0.245 e. The molecule has 1 rings (SSSR count). The smallest absolute Gasteiger partial charge is 0.195 e. The Morgan fingerprint density at radius 1 is 1.33 bits per heavy atom. The minimum atomic E-state index is -3.16. The number of pyridine rings is 1. The number of hydrogen-bond donors (Lipinski definition) is 0. The van der Waals surface area contributed by atoms with Crippen LogP contribution < -0.4 is 0 Å². The van der Waals surface area contributed by atoms with E-state index in [9.17, 15) is 8.42 Å². The second-order valence-corrected chi connectivity index (χ2v) is 5.73. The summed E-state index contributed by atoms with van der Waals surface area (Å²) in [5.74, 6) is 0.108. The molecule has 0 aliphatic rings. The van der Waals surface area contributed by atoms with Crippen molar-refractivity contribution in [3.05, 3.63) is 23.9 Å². The van der Waals surface area contributed by atoms with E-state index in [1.807, 2.05) is 6.07 Å². The summed E-state index contributed by atoms with van der Waals surface area (Å²) in [6.45, 7) is 3.75. The molecule has 1 heterocycles. The van der Waals surface area contributed by atoms with Gasteiger partial charge in [0.15, 0.2) is 14.9 Å². The lowest BCUT2D eigenvalue weighted by Gasteiger charge is -2.03. The number of unbranched alkanes of at least 4 members (excludes halogenated alkanes) is 1. The molecule has 0 bridgehead atoms. The van der Waals surface area contributed by atoms with Gasteiger partial charge in [-0.15, -0.1) is 0 Å². The molecule has 3 nitrogen and oxygen atoms in total. The van der Waals surface area contributed by atoms with E-state index in [-0.39, 0.29) is 10.8 Å². The molecule has 15 heavy (non-hydrogen) atoms. The summed E-state index contributed by atoms with van der Waals surface area (Å²) in [6.07, 6.45) is 4.69. The SMILES string of the molecule is CCCCc1ccnc(S(=O)(=O)CC)c1. The lowest BCUT2D eigenvalue weighted by molar-refractivity contribution is 0.593. The highest BCUT2D eigenvalue weighted by Crippen LogP contribution is 2.11. The first kappa shape index (κ1) is 12.2. The molecule has 0 atom stereocenters. The zero-order valence-electron chi connectivity index (χ0n) is 9.23. The lowest BCUT2D eigenvalue weighted by atomic mass is 10.1. The zero-order chi connectivity index (χ0) is 11.3. The van der Waals surface area contributed by atoms with Crippen molar-refractivity contribution in [2.75, 3.05) is 5.75 Å². The number of rotatable bonds is 5. The first-order valence-electron chi connectivity index (χ1n) is 5.28. The summed E-state index contributed by atoms with van der Waals surface area (Å²) < 4.78 is 23.1. The number of aromatic nitrogens is 1. The summed E-state index contributed by atoms with van der Waals surface area (Å²) in [6, 6.07) is 3.57. The molecular weight excluding hydrogens is 210 g/mol. The molecule has 0 spiro atoms. The van der Waals surface area contributed by atoms with Gasteiger partial charge >= 0.3 is 0 Å². The molecule has 0 aliphatic carbocycles. The quantitative estimate of drug-likeness (QED) is 0.775. The van der Waals surface area contributed by atoms with E-state index in [1.165, 1.54) is 0 Å². The van der Waals surface area contributed by atoms with E-state index in [4.69, 9.17) is 0 Å². The third-order valence-corrected chi connectivity index (χ3v) is 3.94. The average molecular weight is 227 g/mol. The maximum atomic E-state index is 11.6. The molecule has 0 aromatic carbocycles. The number of hydrogen-bond acceptors (Lipinski definition) is 3. The van der Waals surface area contributed by atoms with Gasteiger partial charge in [-0.3, -0.25) is 0 Å². The topological polar surface area (TPSA) is 47.0 Å². The van der Waals surface area contributed by atoms with Crippen molar-refractivity contribution in [1.82, 2.24) is 4.98 Å². The molecule has 1 aromatic rings. The van der Waals surface area contributed by atoms with Gasteiger partial charge in [-0.1, -0.05) is 20.3 Å². The molecule has 0 radical (unpaired) electrons. The first-order valence-corrected chi connectivity index (χ1v) is 6.93. The molecule has 1 aromatic heterocycles. The molecule has 0 fully saturated rings. The monoisotopic (exact) mass is 227 g/mol. The Morgan fingerprint density at radius 2 is 2.07 bits per heavy atom. The van der Waals surface area contributed by atoms with Crippen LogP contribution in [-0.2, 0) is 16.3 Å². The van der Waals surface area contributed by atoms with Gasteiger partial charge in [0.2, 0.25) is 0 Å². The van der Waals surface area contributed by atoms with Gasteiger partial charge in [0, 0.05) is 6.20 Å². The average Bonchev–Trinajstić information content (AvgIpc) is 2.27. The Bertz CT molecular complexity index is 412. The van der Waals surface area contributed by atoms with Crippen molar-refractivity contribution in [3.8, 4) is 0 Å². The van der Waals surface area contributed by atoms with E-state index < -0.39 is 9.84 Å². The molecule has 84 valence electrons. The lowest BCUT2D eigenvalue weighted by Crippen LogP contribution is -2.06. The van der Waals surface area contributed by atoms with Gasteiger partial charge in [-0.25, -0.2) is 13.4 Å². The highest BCUT2D eigenvalue weighted by molar-refractivity contribution is 7.91. The van der Waals surface area contributed by atoms with Crippen LogP contribution in [0.15, 0.2) is 23.4 Å². The minimum Gasteiger partial charge on any atom is -0.245 e. The van der Waals surface area contributed by atoms with Crippen molar-refractivity contribution >= 4 is 9.84 Å². The molecule has 0 saturated heterocycles. The van der Waals surface area contributed by atoms with E-state index in [1.54, 1.807) is 19.2 Å². The maximum Gasteiger partial charge on any atom is 0.195 e. The van der Waals surface area contributed by atoms with Crippen molar-refractivity contribution in [1.29, 1.82) is 0 Å². The molecule has 0 N–H and O–H groups in total. The normalized spacial score (nSPS) is 11.6. The minimum absolute atomic E-state index is 0.108. The first-order chi connectivity index (χ1) is 7.10. The van der Waals surface area contributed by atoms with E-state index >= 15 is 0 Å². The van der Waals surface area contributed by atoms with Gasteiger partial charge in [0.25, 0.3) is 0 Å². The van der Waals surface area contributed by atoms with Crippen molar-refractivity contribution in [3.63, 3.8) is 0 Å². The van der Waals surface area contributed by atoms with Crippen LogP contribution >= 0.6 is 0 Å². The van der Waals surface area contributed by atoms with E-state index in [0.29, 0.717) is 0 Å². The van der Waals surface area contributed by atoms with Crippen LogP contribution in [0.1, 0.15) is 32.3 Å². The Kier molecular flexibility index (Phi) is 4.27. The Labute approximate surface area is 91.5 Å². The second-order valence-electron chi connectivity index (χ2n) is 3.51. The summed E-state index contributed by atoms with van der Waals surface area (Å²) in [5.41, 5.74) is 1.05. The highest BCUT2D eigenvalue weighted by atomic mass is 32.2. The summed E-state index contributed by atoms with van der Waals surface area (Å²) >= 11 is 0. The van der Waals surface area contributed by atoms with Crippen molar-refractivity contribution in [2.24, 2.45) is 0 Å². The second kappa shape index (κ2) is 5.26. The van der Waals surface area contributed by atoms with Gasteiger partial charge in [-0.05, 0) is 30.5 Å². The summed E-state index contributed by atoms with van der Waals surface area (Å²) in [7, 11) is -3.16. The predicted octanol–water partition coefficient (Wildman–Crippen LogP) is 2.22. The summed E-state index contributed by atoms with van der Waals surface area (Å²) in [4.78, 5) is 3.90. The number of nitrogens with zero attached hydrogens (tertiary/aromatic N) is 1. The molecule has 0 saturated carbocycles. The van der Waals surface area contributed by atoms with Gasteiger partial charge in [-0.2, -0.15) is 0 Å². The van der Waals surface area contributed by atoms with Crippen LogP contribution in [0.2, 0.25) is 0 Å². The van der Waals surface area contributed by atoms with Crippen molar-refractivity contribution in [2.45, 2.75) is 38.1 Å². The third kappa shape index (κ3) is 3.30. The fraction of sp³-hybridized carbons (Fsp3) is 0.545. The van der Waals surface area contributed by atoms with Crippen LogP contribution in [0.25, 0.3) is 0 Å². The standard InChI is InChI=1S/C11H17NO2S/c1-3-5-6-10-7-8-12-11(9-10)15(13,14)4-2/h7-9H,3-6H2,1-2H3. The van der Waals surface area contributed by atoms with Gasteiger partial charge in [0.05, 0.1) is 5.75 Å². The Hall–Kier alpha value is -0.900. The molecule has 0 aliphatic heterocycles. The van der Waals surface area contributed by atoms with E-state index in [2.05, 4.69) is 11.9 Å². The molecule has 0 unspecified atom stereocenters. The van der Waals surface area contributed by atoms with Crippen LogP contribution in [0.5, 0.6) is 0 Å². The Balaban J connectivity index is 2.93. The zero-order valence-corrected chi connectivity index (χ0v) is 10.0. The third-order valence-electron chi connectivity index (χ3n) is 2.32. The van der Waals surface area contributed by atoms with Crippen molar-refractivity contribution < 1.29 is 8.42 Å². The predicted molar refractivity (Wildman–Crippen MR) is 60.6 cm³/mol. The fourth-order valence-corrected chi connectivity index (χ4v) is 2.15. The van der Waals surface area contributed by atoms with E-state index in [0.717, 1.165) is 24.8 Å². The number of sulfone groups is 1. The molecule has 0 amide bonds. The highest BCUT2D eigenvalue weighted by Gasteiger charge is 2.12.